The van der Waals surface area contributed by atoms with Crippen molar-refractivity contribution in [1.29, 1.82) is 0 Å². The number of hydrogen-bond donors (Lipinski definition) is 0. The summed E-state index contributed by atoms with van der Waals surface area (Å²) in [5.41, 5.74) is 0.474. The van der Waals surface area contributed by atoms with E-state index in [1.807, 2.05) is 0 Å². The Bertz CT molecular complexity index is 368. The first-order valence-corrected chi connectivity index (χ1v) is 4.92. The molecule has 0 bridgehead atoms. The molecule has 0 aliphatic heterocycles. The second-order valence-corrected chi connectivity index (χ2v) is 3.84. The van der Waals surface area contributed by atoms with E-state index in [0.717, 1.165) is 0 Å². The van der Waals surface area contributed by atoms with E-state index in [9.17, 15) is 9.18 Å². The molecule has 0 radical (unpaired) electrons. The number of esters is 1. The fourth-order valence-corrected chi connectivity index (χ4v) is 1.56. The van der Waals surface area contributed by atoms with E-state index in [4.69, 9.17) is 11.6 Å². The van der Waals surface area contributed by atoms with Crippen molar-refractivity contribution in [3.63, 3.8) is 0 Å². The molecule has 0 heterocycles. The van der Waals surface area contributed by atoms with Crippen molar-refractivity contribution < 1.29 is 13.9 Å². The van der Waals surface area contributed by atoms with E-state index in [0.29, 0.717) is 5.56 Å². The van der Waals surface area contributed by atoms with Gasteiger partial charge in [-0.05, 0) is 33.6 Å². The van der Waals surface area contributed by atoms with Crippen molar-refractivity contribution >= 4 is 33.5 Å². The van der Waals surface area contributed by atoms with Gasteiger partial charge in [0.1, 0.15) is 5.82 Å². The molecule has 0 spiro atoms. The minimum absolute atomic E-state index is 0.00539. The third-order valence-corrected chi connectivity index (χ3v) is 2.74. The average Bonchev–Trinajstić information content (AvgIpc) is 2.13. The highest BCUT2D eigenvalue weighted by atomic mass is 79.9. The Balaban J connectivity index is 3.02. The second kappa shape index (κ2) is 4.75. The molecule has 2 nitrogen and oxygen atoms in total. The number of halogens is 3. The van der Waals surface area contributed by atoms with E-state index in [1.54, 1.807) is 0 Å². The first kappa shape index (κ1) is 11.5. The molecule has 1 aromatic rings. The van der Waals surface area contributed by atoms with Gasteiger partial charge in [-0.2, -0.15) is 0 Å². The molecule has 0 fully saturated rings. The highest BCUT2D eigenvalue weighted by Gasteiger charge is 2.11. The highest BCUT2D eigenvalue weighted by Crippen LogP contribution is 2.25. The summed E-state index contributed by atoms with van der Waals surface area (Å²) in [4.78, 5) is 10.9. The van der Waals surface area contributed by atoms with Gasteiger partial charge in [-0.25, -0.2) is 4.39 Å². The molecule has 76 valence electrons. The van der Waals surface area contributed by atoms with E-state index < -0.39 is 11.8 Å². The fourth-order valence-electron chi connectivity index (χ4n) is 0.966. The summed E-state index contributed by atoms with van der Waals surface area (Å²) >= 11 is 8.67. The lowest BCUT2D eigenvalue weighted by Gasteiger charge is -2.04. The van der Waals surface area contributed by atoms with Crippen molar-refractivity contribution in [2.24, 2.45) is 0 Å². The van der Waals surface area contributed by atoms with E-state index in [2.05, 4.69) is 20.7 Å². The van der Waals surface area contributed by atoms with Crippen LogP contribution in [0.4, 0.5) is 4.39 Å². The summed E-state index contributed by atoms with van der Waals surface area (Å²) in [6.07, 6.45) is -0.00539. The molecule has 0 aliphatic rings. The van der Waals surface area contributed by atoms with Crippen molar-refractivity contribution in [3.05, 3.63) is 33.0 Å². The van der Waals surface area contributed by atoms with E-state index in [1.165, 1.54) is 19.2 Å². The van der Waals surface area contributed by atoms with Crippen LogP contribution in [0, 0.1) is 5.82 Å². The van der Waals surface area contributed by atoms with Gasteiger partial charge in [-0.15, -0.1) is 0 Å². The number of hydrogen-bond acceptors (Lipinski definition) is 2. The fraction of sp³-hybridized carbons (Fsp3) is 0.222. The summed E-state index contributed by atoms with van der Waals surface area (Å²) < 4.78 is 17.8. The maximum Gasteiger partial charge on any atom is 0.310 e. The van der Waals surface area contributed by atoms with Crippen LogP contribution in [0.25, 0.3) is 0 Å². The number of benzene rings is 1. The van der Waals surface area contributed by atoms with Crippen LogP contribution in [0.5, 0.6) is 0 Å². The Morgan fingerprint density at radius 3 is 2.86 bits per heavy atom. The lowest BCUT2D eigenvalue weighted by atomic mass is 10.1. The SMILES string of the molecule is COC(=O)Cc1cc(Cl)cc(F)c1Br. The standard InChI is InChI=1S/C9H7BrClFO2/c1-14-8(13)3-5-2-6(11)4-7(12)9(5)10/h2,4H,3H2,1H3. The van der Waals surface area contributed by atoms with Crippen LogP contribution < -0.4 is 0 Å². The molecule has 5 heteroatoms. The van der Waals surface area contributed by atoms with Crippen molar-refractivity contribution in [2.45, 2.75) is 6.42 Å². The molecule has 1 rings (SSSR count). The van der Waals surface area contributed by atoms with Crippen LogP contribution in [-0.2, 0) is 16.0 Å². The van der Waals surface area contributed by atoms with Gasteiger partial charge in [0.15, 0.2) is 0 Å². The van der Waals surface area contributed by atoms with Crippen LogP contribution in [0.1, 0.15) is 5.56 Å². The Labute approximate surface area is 94.1 Å². The minimum atomic E-state index is -0.489. The third kappa shape index (κ3) is 2.69. The molecule has 14 heavy (non-hydrogen) atoms. The number of carbonyl (C=O) groups excluding carboxylic acids is 1. The van der Waals surface area contributed by atoms with Crippen LogP contribution >= 0.6 is 27.5 Å². The quantitative estimate of drug-likeness (QED) is 0.615. The molecular weight excluding hydrogens is 274 g/mol. The number of methoxy groups -OCH3 is 1. The van der Waals surface area contributed by atoms with Gasteiger partial charge in [0.05, 0.1) is 18.0 Å². The smallest absolute Gasteiger partial charge is 0.310 e. The van der Waals surface area contributed by atoms with Crippen LogP contribution in [-0.4, -0.2) is 13.1 Å². The first-order chi connectivity index (χ1) is 6.54. The first-order valence-electron chi connectivity index (χ1n) is 3.75. The number of rotatable bonds is 2. The van der Waals surface area contributed by atoms with Gasteiger partial charge in [0.25, 0.3) is 0 Å². The average molecular weight is 282 g/mol. The lowest BCUT2D eigenvalue weighted by Crippen LogP contribution is -2.05. The molecule has 0 unspecified atom stereocenters. The number of carbonyl (C=O) groups is 1. The van der Waals surface area contributed by atoms with Gasteiger partial charge < -0.3 is 4.74 Å². The second-order valence-electron chi connectivity index (χ2n) is 2.61. The predicted molar refractivity (Wildman–Crippen MR) is 54.8 cm³/mol. The minimum Gasteiger partial charge on any atom is -0.469 e. The van der Waals surface area contributed by atoms with Gasteiger partial charge in [0.2, 0.25) is 0 Å². The molecular formula is C9H7BrClFO2. The molecule has 0 N–H and O–H groups in total. The van der Waals surface area contributed by atoms with E-state index in [-0.39, 0.29) is 15.9 Å². The van der Waals surface area contributed by atoms with Gasteiger partial charge >= 0.3 is 5.97 Å². The largest absolute Gasteiger partial charge is 0.469 e. The Kier molecular flexibility index (Phi) is 3.89. The molecule has 0 atom stereocenters. The molecule has 0 saturated carbocycles. The third-order valence-electron chi connectivity index (χ3n) is 1.63. The monoisotopic (exact) mass is 280 g/mol. The zero-order valence-electron chi connectivity index (χ0n) is 7.31. The maximum absolute atomic E-state index is 13.1. The van der Waals surface area contributed by atoms with Crippen molar-refractivity contribution in [3.8, 4) is 0 Å². The highest BCUT2D eigenvalue weighted by molar-refractivity contribution is 9.10. The van der Waals surface area contributed by atoms with Crippen LogP contribution in [0.3, 0.4) is 0 Å². The Morgan fingerprint density at radius 1 is 1.64 bits per heavy atom. The lowest BCUT2D eigenvalue weighted by molar-refractivity contribution is -0.139. The molecule has 0 amide bonds. The predicted octanol–water partition coefficient (Wildman–Crippen LogP) is 2.96. The topological polar surface area (TPSA) is 26.3 Å². The van der Waals surface area contributed by atoms with Gasteiger partial charge in [-0.1, -0.05) is 11.6 Å². The Morgan fingerprint density at radius 2 is 2.29 bits per heavy atom. The van der Waals surface area contributed by atoms with Crippen LogP contribution in [0.15, 0.2) is 16.6 Å². The zero-order chi connectivity index (χ0) is 10.7. The van der Waals surface area contributed by atoms with E-state index >= 15 is 0 Å². The van der Waals surface area contributed by atoms with Crippen molar-refractivity contribution in [1.82, 2.24) is 0 Å². The number of ether oxygens (including phenoxy) is 1. The molecule has 0 aromatic heterocycles. The van der Waals surface area contributed by atoms with Crippen LogP contribution in [0.2, 0.25) is 5.02 Å². The Hall–Kier alpha value is -0.610. The normalized spacial score (nSPS) is 10.0. The molecule has 1 aromatic carbocycles. The summed E-state index contributed by atoms with van der Waals surface area (Å²) in [5, 5.41) is 0.254. The maximum atomic E-state index is 13.1. The van der Waals surface area contributed by atoms with Gasteiger partial charge in [0, 0.05) is 5.02 Å². The zero-order valence-corrected chi connectivity index (χ0v) is 9.65. The molecule has 0 saturated heterocycles. The summed E-state index contributed by atoms with van der Waals surface area (Å²) in [6.45, 7) is 0. The summed E-state index contributed by atoms with van der Waals surface area (Å²) in [6, 6.07) is 2.69. The summed E-state index contributed by atoms with van der Waals surface area (Å²) in [5.74, 6) is -0.927. The molecule has 0 aliphatic carbocycles. The van der Waals surface area contributed by atoms with Gasteiger partial charge in [-0.3, -0.25) is 4.79 Å². The van der Waals surface area contributed by atoms with Crippen molar-refractivity contribution in [2.75, 3.05) is 7.11 Å². The summed E-state index contributed by atoms with van der Waals surface area (Å²) in [7, 11) is 1.27.